The fourth-order valence-corrected chi connectivity index (χ4v) is 5.64. The second-order valence-electron chi connectivity index (χ2n) is 10.00. The molecule has 0 aromatic heterocycles. The Balaban J connectivity index is 0.000000229. The molecule has 2 saturated heterocycles. The number of hydrogen-bond acceptors (Lipinski definition) is 7. The van der Waals surface area contributed by atoms with E-state index in [0.717, 1.165) is 18.9 Å². The summed E-state index contributed by atoms with van der Waals surface area (Å²) in [6, 6.07) is 0.854. The fraction of sp³-hybridized carbons (Fsp3) is 0.958. The second-order valence-corrected chi connectivity index (χ2v) is 10.9. The smallest absolute Gasteiger partial charge is 0.237 e. The lowest BCUT2D eigenvalue weighted by molar-refractivity contribution is -0.201. The van der Waals surface area contributed by atoms with Gasteiger partial charge in [0.15, 0.2) is 0 Å². The minimum Gasteiger partial charge on any atom is -0.388 e. The molecule has 2 unspecified atom stereocenters. The van der Waals surface area contributed by atoms with Gasteiger partial charge in [0.25, 0.3) is 0 Å². The van der Waals surface area contributed by atoms with Crippen LogP contribution in [0.2, 0.25) is 0 Å². The van der Waals surface area contributed by atoms with Crippen molar-refractivity contribution in [3.63, 3.8) is 0 Å². The van der Waals surface area contributed by atoms with E-state index in [1.165, 1.54) is 50.3 Å². The molecule has 1 saturated carbocycles. The molecule has 3 aliphatic rings. The van der Waals surface area contributed by atoms with Crippen molar-refractivity contribution in [1.82, 2.24) is 10.2 Å². The van der Waals surface area contributed by atoms with Gasteiger partial charge in [-0.1, -0.05) is 33.6 Å². The van der Waals surface area contributed by atoms with Crippen molar-refractivity contribution < 1.29 is 24.9 Å². The van der Waals surface area contributed by atoms with Crippen molar-refractivity contribution in [3.8, 4) is 0 Å². The predicted molar refractivity (Wildman–Crippen MR) is 129 cm³/mol. The van der Waals surface area contributed by atoms with E-state index in [4.69, 9.17) is 4.74 Å². The van der Waals surface area contributed by atoms with E-state index in [1.54, 1.807) is 7.05 Å². The summed E-state index contributed by atoms with van der Waals surface area (Å²) in [5.41, 5.74) is -0.452. The van der Waals surface area contributed by atoms with Crippen LogP contribution in [0.1, 0.15) is 72.1 Å². The van der Waals surface area contributed by atoms with Gasteiger partial charge in [-0.3, -0.25) is 9.69 Å². The molecule has 3 fully saturated rings. The van der Waals surface area contributed by atoms with Crippen molar-refractivity contribution >= 4 is 17.7 Å². The first kappa shape index (κ1) is 27.9. The third-order valence-corrected chi connectivity index (χ3v) is 7.77. The van der Waals surface area contributed by atoms with E-state index in [9.17, 15) is 20.1 Å². The Morgan fingerprint density at radius 1 is 1.09 bits per heavy atom. The van der Waals surface area contributed by atoms with Gasteiger partial charge in [-0.15, -0.1) is 11.8 Å². The molecule has 7 nitrogen and oxygen atoms in total. The monoisotopic (exact) mass is 474 g/mol. The summed E-state index contributed by atoms with van der Waals surface area (Å²) in [7, 11) is 1.77. The molecule has 32 heavy (non-hydrogen) atoms. The number of ether oxygens (including phenoxy) is 1. The van der Waals surface area contributed by atoms with Crippen molar-refractivity contribution in [1.29, 1.82) is 0 Å². The summed E-state index contributed by atoms with van der Waals surface area (Å²) >= 11 is 1.35. The standard InChI is InChI=1S/C14H26N2O.C10H20O4S/c1-3-4-11-5-8-13(14(17)15-2)16(10-9-11)12-6-7-12;1-5(2)4-6-7(11)8(12)9(13)10(14-6)15-3/h11-13H,3-10H2,1-2H3,(H,15,17);5-13H,4H2,1-3H3/t11?,13-;6?,7-,8-,9+,10+/m00/s1. The maximum Gasteiger partial charge on any atom is 0.237 e. The summed E-state index contributed by atoms with van der Waals surface area (Å²) in [5, 5.41) is 31.8. The van der Waals surface area contributed by atoms with Gasteiger partial charge in [-0.05, 0) is 63.2 Å². The van der Waals surface area contributed by atoms with Crippen LogP contribution in [0.25, 0.3) is 0 Å². The maximum absolute atomic E-state index is 12.0. The van der Waals surface area contributed by atoms with Crippen LogP contribution in [-0.2, 0) is 9.53 Å². The van der Waals surface area contributed by atoms with Gasteiger partial charge < -0.3 is 25.4 Å². The number of rotatable bonds is 7. The van der Waals surface area contributed by atoms with Crippen LogP contribution in [-0.4, -0.2) is 87.9 Å². The first-order chi connectivity index (χ1) is 15.2. The van der Waals surface area contributed by atoms with Gasteiger partial charge in [0.05, 0.1) is 12.1 Å². The lowest BCUT2D eigenvalue weighted by atomic mass is 9.94. The number of carbonyl (C=O) groups is 1. The van der Waals surface area contributed by atoms with Crippen LogP contribution >= 0.6 is 11.8 Å². The second kappa shape index (κ2) is 13.5. The number of aliphatic hydroxyl groups excluding tert-OH is 3. The average Bonchev–Trinajstić information content (AvgIpc) is 3.61. The molecule has 4 N–H and O–H groups in total. The van der Waals surface area contributed by atoms with E-state index in [2.05, 4.69) is 17.1 Å². The number of nitrogens with zero attached hydrogens (tertiary/aromatic N) is 1. The van der Waals surface area contributed by atoms with Crippen molar-refractivity contribution in [2.75, 3.05) is 19.8 Å². The molecule has 1 aliphatic carbocycles. The van der Waals surface area contributed by atoms with E-state index in [0.29, 0.717) is 18.4 Å². The Hall–Kier alpha value is -0.380. The summed E-state index contributed by atoms with van der Waals surface area (Å²) in [5.74, 6) is 1.46. The number of carbonyl (C=O) groups excluding carboxylic acids is 1. The molecule has 2 heterocycles. The topological polar surface area (TPSA) is 102 Å². The van der Waals surface area contributed by atoms with Crippen LogP contribution < -0.4 is 5.32 Å². The molecule has 188 valence electrons. The fourth-order valence-electron chi connectivity index (χ4n) is 4.95. The molecule has 0 radical (unpaired) electrons. The van der Waals surface area contributed by atoms with Crippen LogP contribution in [0.15, 0.2) is 0 Å². The summed E-state index contributed by atoms with van der Waals surface area (Å²) in [4.78, 5) is 14.5. The molecule has 0 aromatic carbocycles. The number of likely N-dealkylation sites (N-methyl/N-ethyl adjacent to an activating group) is 1. The Morgan fingerprint density at radius 3 is 2.31 bits per heavy atom. The molecule has 7 atom stereocenters. The van der Waals surface area contributed by atoms with Crippen LogP contribution in [0, 0.1) is 11.8 Å². The molecule has 0 bridgehead atoms. The number of amides is 1. The first-order valence-electron chi connectivity index (χ1n) is 12.4. The number of nitrogens with one attached hydrogen (secondary N) is 1. The Morgan fingerprint density at radius 2 is 1.78 bits per heavy atom. The SMILES string of the molecule is CCCC1CC[C@@H](C(=O)NC)N(C2CC2)CC1.CS[C@H]1OC(CC(C)C)[C@H](O)[C@H](O)[C@H]1O. The lowest BCUT2D eigenvalue weighted by Crippen LogP contribution is -2.56. The zero-order valence-corrected chi connectivity index (χ0v) is 21.4. The minimum atomic E-state index is -1.11. The number of likely N-dealkylation sites (tertiary alicyclic amines) is 1. The van der Waals surface area contributed by atoms with Gasteiger partial charge in [0.1, 0.15) is 23.7 Å². The number of aliphatic hydroxyl groups is 3. The highest BCUT2D eigenvalue weighted by molar-refractivity contribution is 7.99. The number of hydrogen-bond donors (Lipinski definition) is 4. The third-order valence-electron chi connectivity index (χ3n) is 6.91. The zero-order chi connectivity index (χ0) is 23.8. The molecule has 1 amide bonds. The van der Waals surface area contributed by atoms with Crippen molar-refractivity contribution in [2.45, 2.75) is 114 Å². The van der Waals surface area contributed by atoms with Crippen molar-refractivity contribution in [3.05, 3.63) is 0 Å². The van der Waals surface area contributed by atoms with Gasteiger partial charge in [-0.2, -0.15) is 0 Å². The quantitative estimate of drug-likeness (QED) is 0.449. The molecule has 0 spiro atoms. The Kier molecular flexibility index (Phi) is 11.7. The summed E-state index contributed by atoms with van der Waals surface area (Å²) < 4.78 is 5.54. The highest BCUT2D eigenvalue weighted by Crippen LogP contribution is 2.34. The lowest BCUT2D eigenvalue weighted by Gasteiger charge is -2.40. The van der Waals surface area contributed by atoms with Crippen molar-refractivity contribution in [2.24, 2.45) is 11.8 Å². The highest BCUT2D eigenvalue weighted by Gasteiger charge is 2.43. The normalized spacial score (nSPS) is 36.2. The van der Waals surface area contributed by atoms with Gasteiger partial charge in [0, 0.05) is 13.1 Å². The summed E-state index contributed by atoms with van der Waals surface area (Å²) in [6.45, 7) is 7.45. The van der Waals surface area contributed by atoms with E-state index >= 15 is 0 Å². The zero-order valence-electron chi connectivity index (χ0n) is 20.6. The molecule has 8 heteroatoms. The Labute approximate surface area is 198 Å². The van der Waals surface area contributed by atoms with Crippen LogP contribution in [0.3, 0.4) is 0 Å². The first-order valence-corrected chi connectivity index (χ1v) is 13.7. The molecule has 2 aliphatic heterocycles. The molecule has 3 rings (SSSR count). The van der Waals surface area contributed by atoms with Gasteiger partial charge in [-0.25, -0.2) is 0 Å². The molecular formula is C24H46N2O5S. The molecular weight excluding hydrogens is 428 g/mol. The average molecular weight is 475 g/mol. The Bertz CT molecular complexity index is 561. The largest absolute Gasteiger partial charge is 0.388 e. The van der Waals surface area contributed by atoms with E-state index in [-0.39, 0.29) is 18.1 Å². The van der Waals surface area contributed by atoms with Crippen LogP contribution in [0.4, 0.5) is 0 Å². The van der Waals surface area contributed by atoms with Gasteiger partial charge in [0.2, 0.25) is 5.91 Å². The highest BCUT2D eigenvalue weighted by atomic mass is 32.2. The third kappa shape index (κ3) is 7.84. The predicted octanol–water partition coefficient (Wildman–Crippen LogP) is 2.37. The van der Waals surface area contributed by atoms with Crippen LogP contribution in [0.5, 0.6) is 0 Å². The van der Waals surface area contributed by atoms with E-state index in [1.807, 2.05) is 20.1 Å². The van der Waals surface area contributed by atoms with E-state index < -0.39 is 23.7 Å². The van der Waals surface area contributed by atoms with Gasteiger partial charge >= 0.3 is 0 Å². The maximum atomic E-state index is 12.0. The molecule has 0 aromatic rings. The summed E-state index contributed by atoms with van der Waals surface area (Å²) in [6.07, 6.45) is 7.76. The minimum absolute atomic E-state index is 0.148. The number of thioether (sulfide) groups is 1.